The van der Waals surface area contributed by atoms with Crippen molar-refractivity contribution in [2.45, 2.75) is 44.1 Å². The van der Waals surface area contributed by atoms with E-state index in [0.29, 0.717) is 11.7 Å². The minimum Gasteiger partial charge on any atom is -0.454 e. The van der Waals surface area contributed by atoms with Gasteiger partial charge in [0.15, 0.2) is 17.3 Å². The van der Waals surface area contributed by atoms with Crippen molar-refractivity contribution < 1.29 is 14.2 Å². The summed E-state index contributed by atoms with van der Waals surface area (Å²) < 4.78 is 17.2. The third kappa shape index (κ3) is 3.84. The Morgan fingerprint density at radius 3 is 2.77 bits per heavy atom. The minimum absolute atomic E-state index is 0.253. The lowest BCUT2D eigenvalue weighted by Crippen LogP contribution is -2.09. The van der Waals surface area contributed by atoms with E-state index in [9.17, 15) is 0 Å². The maximum atomic E-state index is 6.20. The van der Waals surface area contributed by atoms with Gasteiger partial charge in [-0.25, -0.2) is 4.98 Å². The van der Waals surface area contributed by atoms with Gasteiger partial charge in [0, 0.05) is 12.0 Å². The van der Waals surface area contributed by atoms with E-state index in [1.807, 2.05) is 48.2 Å². The van der Waals surface area contributed by atoms with Crippen LogP contribution in [0.15, 0.2) is 47.5 Å². The fourth-order valence-corrected chi connectivity index (χ4v) is 4.73. The number of fused-ring (bicyclic) bond motifs is 3. The predicted molar refractivity (Wildman–Crippen MR) is 118 cm³/mol. The molecule has 0 fully saturated rings. The first-order chi connectivity index (χ1) is 14.8. The molecule has 2 aliphatic rings. The van der Waals surface area contributed by atoms with Gasteiger partial charge in [-0.15, -0.1) is 11.8 Å². The molecule has 30 heavy (non-hydrogen) atoms. The van der Waals surface area contributed by atoms with Gasteiger partial charge in [-0.1, -0.05) is 44.4 Å². The number of ether oxygens (including phenoxy) is 3. The van der Waals surface area contributed by atoms with Crippen LogP contribution in [0.25, 0.3) is 11.4 Å². The number of benzene rings is 2. The van der Waals surface area contributed by atoms with E-state index < -0.39 is 0 Å². The summed E-state index contributed by atoms with van der Waals surface area (Å²) in [6.45, 7) is 2.49. The standard InChI is InChI=1S/C24H24N2O3S/c1-2-3-4-7-12-30-24-18-13-16-8-5-6-9-19(16)29-23(18)25-22(26-24)17-10-11-20-21(14-17)28-15-27-20/h5-6,8-11,14H,2-4,7,12-13,15H2,1H3. The molecule has 2 aromatic carbocycles. The van der Waals surface area contributed by atoms with E-state index in [1.54, 1.807) is 0 Å². The molecule has 1 aromatic heterocycles. The van der Waals surface area contributed by atoms with E-state index >= 15 is 0 Å². The maximum Gasteiger partial charge on any atom is 0.231 e. The summed E-state index contributed by atoms with van der Waals surface area (Å²) in [5, 5.41) is 1.01. The van der Waals surface area contributed by atoms with Crippen molar-refractivity contribution in [3.8, 4) is 34.5 Å². The summed E-state index contributed by atoms with van der Waals surface area (Å²) in [4.78, 5) is 9.73. The highest BCUT2D eigenvalue weighted by Crippen LogP contribution is 2.41. The topological polar surface area (TPSA) is 53.5 Å². The lowest BCUT2D eigenvalue weighted by molar-refractivity contribution is 0.174. The van der Waals surface area contributed by atoms with Crippen molar-refractivity contribution in [1.29, 1.82) is 0 Å². The van der Waals surface area contributed by atoms with E-state index in [2.05, 4.69) is 13.0 Å². The second-order valence-electron chi connectivity index (χ2n) is 7.50. The highest BCUT2D eigenvalue weighted by Gasteiger charge is 2.24. The van der Waals surface area contributed by atoms with E-state index in [-0.39, 0.29) is 6.79 Å². The molecule has 0 radical (unpaired) electrons. The molecule has 5 rings (SSSR count). The molecule has 0 unspecified atom stereocenters. The average molecular weight is 421 g/mol. The first-order valence-corrected chi connectivity index (χ1v) is 11.5. The molecule has 0 bridgehead atoms. The first-order valence-electron chi connectivity index (χ1n) is 10.5. The van der Waals surface area contributed by atoms with Gasteiger partial charge < -0.3 is 14.2 Å². The van der Waals surface area contributed by atoms with Crippen molar-refractivity contribution in [3.63, 3.8) is 0 Å². The lowest BCUT2D eigenvalue weighted by atomic mass is 10.0. The fourth-order valence-electron chi connectivity index (χ4n) is 3.71. The number of hydrogen-bond donors (Lipinski definition) is 0. The molecule has 0 saturated heterocycles. The second-order valence-corrected chi connectivity index (χ2v) is 8.58. The average Bonchev–Trinajstić information content (AvgIpc) is 3.25. The molecule has 0 N–H and O–H groups in total. The summed E-state index contributed by atoms with van der Waals surface area (Å²) in [6, 6.07) is 14.0. The van der Waals surface area contributed by atoms with Gasteiger partial charge in [0.2, 0.25) is 12.7 Å². The lowest BCUT2D eigenvalue weighted by Gasteiger charge is -2.21. The Labute approximate surface area is 180 Å². The molecule has 0 atom stereocenters. The quantitative estimate of drug-likeness (QED) is 0.200. The van der Waals surface area contributed by atoms with Crippen LogP contribution in [-0.2, 0) is 6.42 Å². The molecular formula is C24H24N2O3S. The van der Waals surface area contributed by atoms with Crippen molar-refractivity contribution in [2.75, 3.05) is 12.5 Å². The maximum absolute atomic E-state index is 6.20. The van der Waals surface area contributed by atoms with Crippen LogP contribution in [-0.4, -0.2) is 22.5 Å². The zero-order valence-corrected chi connectivity index (χ0v) is 17.8. The van der Waals surface area contributed by atoms with Gasteiger partial charge >= 0.3 is 0 Å². The molecule has 0 saturated carbocycles. The number of thioether (sulfide) groups is 1. The van der Waals surface area contributed by atoms with Crippen LogP contribution in [0.5, 0.6) is 23.1 Å². The Bertz CT molecular complexity index is 1070. The third-order valence-corrected chi connectivity index (χ3v) is 6.45. The number of aromatic nitrogens is 2. The van der Waals surface area contributed by atoms with Crippen LogP contribution < -0.4 is 14.2 Å². The van der Waals surface area contributed by atoms with Crippen molar-refractivity contribution in [1.82, 2.24) is 9.97 Å². The smallest absolute Gasteiger partial charge is 0.231 e. The van der Waals surface area contributed by atoms with Crippen LogP contribution in [0, 0.1) is 0 Å². The van der Waals surface area contributed by atoms with Gasteiger partial charge in [0.05, 0.1) is 5.56 Å². The molecule has 3 heterocycles. The molecule has 154 valence electrons. The molecule has 0 amide bonds. The molecule has 5 nitrogen and oxygen atoms in total. The highest BCUT2D eigenvalue weighted by molar-refractivity contribution is 7.99. The summed E-state index contributed by atoms with van der Waals surface area (Å²) in [7, 11) is 0. The summed E-state index contributed by atoms with van der Waals surface area (Å²) in [6.07, 6.45) is 5.76. The zero-order valence-electron chi connectivity index (χ0n) is 17.0. The summed E-state index contributed by atoms with van der Waals surface area (Å²) >= 11 is 1.81. The Morgan fingerprint density at radius 1 is 0.933 bits per heavy atom. The molecule has 0 spiro atoms. The Hall–Kier alpha value is -2.73. The van der Waals surface area contributed by atoms with Gasteiger partial charge in [0.25, 0.3) is 0 Å². The third-order valence-electron chi connectivity index (χ3n) is 5.35. The highest BCUT2D eigenvalue weighted by atomic mass is 32.2. The van der Waals surface area contributed by atoms with Gasteiger partial charge in [-0.3, -0.25) is 0 Å². The number of hydrogen-bond acceptors (Lipinski definition) is 6. The Balaban J connectivity index is 1.49. The number of unbranched alkanes of at least 4 members (excludes halogenated alkanes) is 3. The van der Waals surface area contributed by atoms with Gasteiger partial charge in [-0.2, -0.15) is 4.98 Å². The Morgan fingerprint density at radius 2 is 1.83 bits per heavy atom. The van der Waals surface area contributed by atoms with E-state index in [0.717, 1.165) is 45.6 Å². The summed E-state index contributed by atoms with van der Waals surface area (Å²) in [5.41, 5.74) is 3.16. The predicted octanol–water partition coefficient (Wildman–Crippen LogP) is 6.24. The molecule has 0 aliphatic carbocycles. The van der Waals surface area contributed by atoms with Crippen molar-refractivity contribution in [3.05, 3.63) is 53.6 Å². The number of rotatable bonds is 7. The van der Waals surface area contributed by atoms with Crippen molar-refractivity contribution in [2.24, 2.45) is 0 Å². The fraction of sp³-hybridized carbons (Fsp3) is 0.333. The molecular weight excluding hydrogens is 396 g/mol. The van der Waals surface area contributed by atoms with Crippen LogP contribution in [0.2, 0.25) is 0 Å². The number of nitrogens with zero attached hydrogens (tertiary/aromatic N) is 2. The van der Waals surface area contributed by atoms with Crippen LogP contribution in [0.3, 0.4) is 0 Å². The first kappa shape index (κ1) is 19.2. The van der Waals surface area contributed by atoms with Crippen LogP contribution in [0.4, 0.5) is 0 Å². The zero-order chi connectivity index (χ0) is 20.3. The van der Waals surface area contributed by atoms with Crippen LogP contribution >= 0.6 is 11.8 Å². The molecule has 3 aromatic rings. The van der Waals surface area contributed by atoms with E-state index in [4.69, 9.17) is 24.2 Å². The van der Waals surface area contributed by atoms with Crippen LogP contribution in [0.1, 0.15) is 43.7 Å². The largest absolute Gasteiger partial charge is 0.454 e. The normalized spacial score (nSPS) is 13.5. The summed E-state index contributed by atoms with van der Waals surface area (Å²) in [5.74, 6) is 4.72. The van der Waals surface area contributed by atoms with Crippen molar-refractivity contribution >= 4 is 11.8 Å². The van der Waals surface area contributed by atoms with Gasteiger partial charge in [-0.05, 0) is 42.0 Å². The molecule has 6 heteroatoms. The van der Waals surface area contributed by atoms with Gasteiger partial charge in [0.1, 0.15) is 10.8 Å². The van der Waals surface area contributed by atoms with E-state index in [1.165, 1.54) is 31.2 Å². The monoisotopic (exact) mass is 420 g/mol. The number of para-hydroxylation sites is 1. The Kier molecular flexibility index (Phi) is 5.49. The molecule has 2 aliphatic heterocycles. The SMILES string of the molecule is CCCCCCSc1nc(-c2ccc3c(c2)OCO3)nc2c1Cc1ccccc1O2. The minimum atomic E-state index is 0.253. The second kappa shape index (κ2) is 8.56.